The first-order valence-corrected chi connectivity index (χ1v) is 7.94. The molecule has 26 heavy (non-hydrogen) atoms. The van der Waals surface area contributed by atoms with E-state index in [4.69, 9.17) is 10.5 Å². The van der Waals surface area contributed by atoms with Gasteiger partial charge in [0.1, 0.15) is 23.9 Å². The number of rotatable bonds is 6. The van der Waals surface area contributed by atoms with E-state index in [0.717, 1.165) is 29.0 Å². The number of hydrogen-bond donors (Lipinski definition) is 2. The summed E-state index contributed by atoms with van der Waals surface area (Å²) in [4.78, 5) is 22.4. The number of amides is 1. The van der Waals surface area contributed by atoms with Crippen molar-refractivity contribution in [1.82, 2.24) is 5.32 Å². The molecule has 1 amide bonds. The van der Waals surface area contributed by atoms with E-state index in [1.165, 1.54) is 0 Å². The highest BCUT2D eigenvalue weighted by Crippen LogP contribution is 2.25. The predicted octanol–water partition coefficient (Wildman–Crippen LogP) is 3.13. The summed E-state index contributed by atoms with van der Waals surface area (Å²) in [6, 6.07) is 6.89. The molecule has 0 aromatic heterocycles. The van der Waals surface area contributed by atoms with Crippen molar-refractivity contribution in [3.05, 3.63) is 63.0 Å². The standard InChI is InChI=1S/C18H20FN3O4/c1-10-5-4-6-11(2)17(10)26-9-12(3)21-18(23)13-7-16(22(24)25)15(20)8-14(13)19/h4-8,12H,9,20H2,1-3H3,(H,21,23). The van der Waals surface area contributed by atoms with E-state index in [-0.39, 0.29) is 12.3 Å². The Morgan fingerprint density at radius 1 is 1.35 bits per heavy atom. The van der Waals surface area contributed by atoms with Crippen molar-refractivity contribution in [2.75, 3.05) is 12.3 Å². The molecule has 1 unspecified atom stereocenters. The maximum atomic E-state index is 14.0. The molecule has 2 rings (SSSR count). The number of benzene rings is 2. The maximum Gasteiger partial charge on any atom is 0.293 e. The van der Waals surface area contributed by atoms with Crippen molar-refractivity contribution in [2.24, 2.45) is 0 Å². The van der Waals surface area contributed by atoms with Crippen molar-refractivity contribution in [3.8, 4) is 5.75 Å². The number of nitrogens with zero attached hydrogens (tertiary/aromatic N) is 1. The number of carbonyl (C=O) groups excluding carboxylic acids is 1. The summed E-state index contributed by atoms with van der Waals surface area (Å²) in [7, 11) is 0. The molecule has 0 aliphatic carbocycles. The monoisotopic (exact) mass is 361 g/mol. The Morgan fingerprint density at radius 3 is 2.54 bits per heavy atom. The number of para-hydroxylation sites is 1. The third kappa shape index (κ3) is 4.27. The van der Waals surface area contributed by atoms with Crippen LogP contribution in [0.5, 0.6) is 5.75 Å². The van der Waals surface area contributed by atoms with Crippen LogP contribution in [0.25, 0.3) is 0 Å². The lowest BCUT2D eigenvalue weighted by Crippen LogP contribution is -2.37. The average Bonchev–Trinajstić information content (AvgIpc) is 2.53. The Kier molecular flexibility index (Phi) is 5.76. The molecule has 2 aromatic rings. The highest BCUT2D eigenvalue weighted by molar-refractivity contribution is 5.96. The lowest BCUT2D eigenvalue weighted by molar-refractivity contribution is -0.384. The van der Waals surface area contributed by atoms with Gasteiger partial charge in [-0.1, -0.05) is 18.2 Å². The number of anilines is 1. The largest absolute Gasteiger partial charge is 0.491 e. The van der Waals surface area contributed by atoms with E-state index in [1.807, 2.05) is 32.0 Å². The number of ether oxygens (including phenoxy) is 1. The van der Waals surface area contributed by atoms with Crippen molar-refractivity contribution in [3.63, 3.8) is 0 Å². The second-order valence-corrected chi connectivity index (χ2v) is 6.05. The molecule has 3 N–H and O–H groups in total. The summed E-state index contributed by atoms with van der Waals surface area (Å²) < 4.78 is 19.7. The van der Waals surface area contributed by atoms with Crippen molar-refractivity contribution >= 4 is 17.3 Å². The summed E-state index contributed by atoms with van der Waals surface area (Å²) in [5.74, 6) is -0.973. The number of nitrogens with two attached hydrogens (primary N) is 1. The van der Waals surface area contributed by atoms with Gasteiger partial charge in [0.15, 0.2) is 0 Å². The molecular weight excluding hydrogens is 341 g/mol. The summed E-state index contributed by atoms with van der Waals surface area (Å²) in [6.45, 7) is 5.67. The molecule has 0 saturated heterocycles. The molecule has 1 atom stereocenters. The summed E-state index contributed by atoms with van der Waals surface area (Å²) in [5, 5.41) is 13.5. The lowest BCUT2D eigenvalue weighted by Gasteiger charge is -2.17. The fraction of sp³-hybridized carbons (Fsp3) is 0.278. The van der Waals surface area contributed by atoms with Gasteiger partial charge in [-0.3, -0.25) is 14.9 Å². The smallest absolute Gasteiger partial charge is 0.293 e. The van der Waals surface area contributed by atoms with Crippen LogP contribution in [0.3, 0.4) is 0 Å². The fourth-order valence-electron chi connectivity index (χ4n) is 2.49. The topological polar surface area (TPSA) is 107 Å². The molecular formula is C18H20FN3O4. The fourth-order valence-corrected chi connectivity index (χ4v) is 2.49. The molecule has 138 valence electrons. The quantitative estimate of drug-likeness (QED) is 0.467. The summed E-state index contributed by atoms with van der Waals surface area (Å²) in [5.41, 5.74) is 6.03. The van der Waals surface area contributed by atoms with Crippen molar-refractivity contribution < 1.29 is 18.8 Å². The molecule has 7 nitrogen and oxygen atoms in total. The van der Waals surface area contributed by atoms with Gasteiger partial charge in [0.25, 0.3) is 11.6 Å². The van der Waals surface area contributed by atoms with Gasteiger partial charge < -0.3 is 15.8 Å². The molecule has 0 saturated carbocycles. The van der Waals surface area contributed by atoms with Crippen LogP contribution < -0.4 is 15.8 Å². The van der Waals surface area contributed by atoms with Gasteiger partial charge >= 0.3 is 0 Å². The van der Waals surface area contributed by atoms with Crippen LogP contribution in [-0.4, -0.2) is 23.5 Å². The first-order valence-electron chi connectivity index (χ1n) is 7.94. The van der Waals surface area contributed by atoms with Gasteiger partial charge in [-0.25, -0.2) is 4.39 Å². The highest BCUT2D eigenvalue weighted by Gasteiger charge is 2.22. The number of halogens is 1. The normalized spacial score (nSPS) is 11.7. The van der Waals surface area contributed by atoms with Crippen LogP contribution in [0.15, 0.2) is 30.3 Å². The van der Waals surface area contributed by atoms with Gasteiger partial charge in [0, 0.05) is 12.1 Å². The summed E-state index contributed by atoms with van der Waals surface area (Å²) in [6.07, 6.45) is 0. The van der Waals surface area contributed by atoms with E-state index in [0.29, 0.717) is 0 Å². The molecule has 0 radical (unpaired) electrons. The van der Waals surface area contributed by atoms with Crippen LogP contribution in [-0.2, 0) is 0 Å². The Morgan fingerprint density at radius 2 is 1.96 bits per heavy atom. The van der Waals surface area contributed by atoms with E-state index >= 15 is 0 Å². The number of nitro benzene ring substituents is 1. The molecule has 0 bridgehead atoms. The SMILES string of the molecule is Cc1cccc(C)c1OCC(C)NC(=O)c1cc([N+](=O)[O-])c(N)cc1F. The Balaban J connectivity index is 2.08. The van der Waals surface area contributed by atoms with Gasteiger partial charge in [-0.15, -0.1) is 0 Å². The average molecular weight is 361 g/mol. The third-order valence-corrected chi connectivity index (χ3v) is 3.82. The Labute approximate surface area is 150 Å². The number of nitrogens with one attached hydrogen (secondary N) is 1. The van der Waals surface area contributed by atoms with Crippen molar-refractivity contribution in [2.45, 2.75) is 26.8 Å². The number of hydrogen-bond acceptors (Lipinski definition) is 5. The zero-order valence-corrected chi connectivity index (χ0v) is 14.7. The van der Waals surface area contributed by atoms with Crippen LogP contribution in [0.1, 0.15) is 28.4 Å². The highest BCUT2D eigenvalue weighted by atomic mass is 19.1. The molecule has 0 fully saturated rings. The van der Waals surface area contributed by atoms with E-state index < -0.39 is 33.9 Å². The summed E-state index contributed by atoms with van der Waals surface area (Å²) >= 11 is 0. The van der Waals surface area contributed by atoms with Gasteiger partial charge in [0.2, 0.25) is 0 Å². The van der Waals surface area contributed by atoms with E-state index in [9.17, 15) is 19.3 Å². The minimum atomic E-state index is -0.923. The second kappa shape index (κ2) is 7.81. The predicted molar refractivity (Wildman–Crippen MR) is 95.8 cm³/mol. The van der Waals surface area contributed by atoms with Gasteiger partial charge in [0.05, 0.1) is 16.5 Å². The van der Waals surface area contributed by atoms with Gasteiger partial charge in [-0.05, 0) is 31.9 Å². The first-order chi connectivity index (χ1) is 12.2. The van der Waals surface area contributed by atoms with Crippen LogP contribution >= 0.6 is 0 Å². The third-order valence-electron chi connectivity index (χ3n) is 3.82. The minimum absolute atomic E-state index is 0.163. The Bertz CT molecular complexity index is 834. The van der Waals surface area contributed by atoms with Crippen LogP contribution in [0.4, 0.5) is 15.8 Å². The van der Waals surface area contributed by atoms with E-state index in [1.54, 1.807) is 6.92 Å². The molecule has 0 spiro atoms. The van der Waals surface area contributed by atoms with Crippen molar-refractivity contribution in [1.29, 1.82) is 0 Å². The van der Waals surface area contributed by atoms with Crippen LogP contribution in [0.2, 0.25) is 0 Å². The van der Waals surface area contributed by atoms with Gasteiger partial charge in [-0.2, -0.15) is 0 Å². The molecule has 8 heteroatoms. The first kappa shape index (κ1) is 19.2. The lowest BCUT2D eigenvalue weighted by atomic mass is 10.1. The second-order valence-electron chi connectivity index (χ2n) is 6.05. The molecule has 2 aromatic carbocycles. The number of nitrogen functional groups attached to an aromatic ring is 1. The van der Waals surface area contributed by atoms with Crippen LogP contribution in [0, 0.1) is 29.8 Å². The molecule has 0 heterocycles. The molecule has 0 aliphatic heterocycles. The number of carbonyl (C=O) groups is 1. The van der Waals surface area contributed by atoms with E-state index in [2.05, 4.69) is 5.32 Å². The Hall–Kier alpha value is -3.16. The molecule has 0 aliphatic rings. The number of aryl methyl sites for hydroxylation is 2. The zero-order valence-electron chi connectivity index (χ0n) is 14.7. The minimum Gasteiger partial charge on any atom is -0.491 e. The number of nitro groups is 1. The maximum absolute atomic E-state index is 14.0. The zero-order chi connectivity index (χ0) is 19.4.